The second-order valence-electron chi connectivity index (χ2n) is 7.44. The Balaban J connectivity index is 1.32. The quantitative estimate of drug-likeness (QED) is 0.420. The number of hydrogen-bond acceptors (Lipinski definition) is 7. The maximum atomic E-state index is 13.5. The number of nitrogens with zero attached hydrogens (tertiary/aromatic N) is 3. The number of aromatic nitrogens is 2. The Labute approximate surface area is 194 Å². The van der Waals surface area contributed by atoms with Crippen molar-refractivity contribution >= 4 is 34.6 Å². The maximum absolute atomic E-state index is 13.5. The third kappa shape index (κ3) is 5.55. The number of carbonyl (C=O) groups excluding carboxylic acids is 1. The molecular weight excluding hydrogens is 453 g/mol. The largest absolute Gasteiger partial charge is 0.489 e. The fourth-order valence-electron chi connectivity index (χ4n) is 3.47. The highest BCUT2D eigenvalue weighted by Crippen LogP contribution is 2.30. The van der Waals surface area contributed by atoms with Crippen molar-refractivity contribution in [1.82, 2.24) is 10.2 Å². The first kappa shape index (κ1) is 22.5. The van der Waals surface area contributed by atoms with Crippen molar-refractivity contribution in [2.75, 3.05) is 18.0 Å². The smallest absolute Gasteiger partial charge is 0.305 e. The monoisotopic (exact) mass is 475 g/mol. The molecule has 1 saturated heterocycles. The van der Waals surface area contributed by atoms with Gasteiger partial charge in [0, 0.05) is 49.7 Å². The van der Waals surface area contributed by atoms with Crippen LogP contribution in [0.3, 0.4) is 0 Å². The molecule has 2 aromatic carbocycles. The summed E-state index contributed by atoms with van der Waals surface area (Å²) >= 11 is 7.53. The van der Waals surface area contributed by atoms with Crippen LogP contribution >= 0.6 is 22.9 Å². The number of hydrogen-bond donors (Lipinski definition) is 0. The van der Waals surface area contributed by atoms with Gasteiger partial charge in [0.1, 0.15) is 29.3 Å². The van der Waals surface area contributed by atoms with Gasteiger partial charge in [-0.15, -0.1) is 10.2 Å². The predicted octanol–water partition coefficient (Wildman–Crippen LogP) is 5.50. The SMILES string of the molecule is CCC(=O)OCc1nnc(-c2ccc(N3CCC(Oc4cc(F)ccc4Cl)CC3)cc2)s1. The average Bonchev–Trinajstić information content (AvgIpc) is 3.29. The lowest BCUT2D eigenvalue weighted by Gasteiger charge is -2.34. The van der Waals surface area contributed by atoms with Gasteiger partial charge in [0.05, 0.1) is 5.02 Å². The van der Waals surface area contributed by atoms with E-state index in [1.807, 2.05) is 12.1 Å². The Morgan fingerprint density at radius 3 is 2.66 bits per heavy atom. The van der Waals surface area contributed by atoms with Crippen LogP contribution < -0.4 is 9.64 Å². The summed E-state index contributed by atoms with van der Waals surface area (Å²) in [5, 5.41) is 10.2. The molecule has 1 aromatic heterocycles. The molecule has 32 heavy (non-hydrogen) atoms. The molecule has 6 nitrogen and oxygen atoms in total. The molecule has 0 unspecified atom stereocenters. The van der Waals surface area contributed by atoms with Crippen molar-refractivity contribution in [2.45, 2.75) is 38.9 Å². The second kappa shape index (κ2) is 10.3. The van der Waals surface area contributed by atoms with E-state index in [4.69, 9.17) is 21.1 Å². The zero-order valence-corrected chi connectivity index (χ0v) is 19.2. The minimum absolute atomic E-state index is 0.00597. The normalized spacial score (nSPS) is 14.4. The summed E-state index contributed by atoms with van der Waals surface area (Å²) in [4.78, 5) is 13.6. The molecular formula is C23H23ClFN3O3S. The number of esters is 1. The summed E-state index contributed by atoms with van der Waals surface area (Å²) in [6, 6.07) is 12.3. The van der Waals surface area contributed by atoms with Crippen molar-refractivity contribution in [3.63, 3.8) is 0 Å². The highest BCUT2D eigenvalue weighted by atomic mass is 35.5. The number of carbonyl (C=O) groups is 1. The molecule has 1 aliphatic rings. The number of benzene rings is 2. The first-order valence-electron chi connectivity index (χ1n) is 10.5. The standard InChI is InChI=1S/C23H23ClFN3O3S/c1-2-22(29)30-14-21-26-27-23(32-21)15-3-6-17(7-4-15)28-11-9-18(10-12-28)31-20-13-16(25)5-8-19(20)24/h3-8,13,18H,2,9-12,14H2,1H3. The minimum atomic E-state index is -0.355. The van der Waals surface area contributed by atoms with Crippen molar-refractivity contribution < 1.29 is 18.7 Å². The van der Waals surface area contributed by atoms with E-state index >= 15 is 0 Å². The molecule has 0 saturated carbocycles. The van der Waals surface area contributed by atoms with E-state index in [-0.39, 0.29) is 24.5 Å². The Hall–Kier alpha value is -2.71. The van der Waals surface area contributed by atoms with Crippen LogP contribution in [-0.4, -0.2) is 35.4 Å². The molecule has 4 rings (SSSR count). The molecule has 1 fully saturated rings. The van der Waals surface area contributed by atoms with E-state index < -0.39 is 0 Å². The molecule has 168 valence electrons. The molecule has 0 amide bonds. The van der Waals surface area contributed by atoms with Crippen LogP contribution in [0.25, 0.3) is 10.6 Å². The molecule has 0 radical (unpaired) electrons. The van der Waals surface area contributed by atoms with Gasteiger partial charge < -0.3 is 14.4 Å². The summed E-state index contributed by atoms with van der Waals surface area (Å²) in [5.41, 5.74) is 2.09. The zero-order chi connectivity index (χ0) is 22.5. The maximum Gasteiger partial charge on any atom is 0.305 e. The van der Waals surface area contributed by atoms with Crippen molar-refractivity contribution in [2.24, 2.45) is 0 Å². The van der Waals surface area contributed by atoms with Gasteiger partial charge in [-0.1, -0.05) is 29.9 Å². The number of halogens is 2. The summed E-state index contributed by atoms with van der Waals surface area (Å²) in [7, 11) is 0. The first-order chi connectivity index (χ1) is 15.5. The van der Waals surface area contributed by atoms with E-state index in [9.17, 15) is 9.18 Å². The van der Waals surface area contributed by atoms with Gasteiger partial charge >= 0.3 is 5.97 Å². The fourth-order valence-corrected chi connectivity index (χ4v) is 4.39. The average molecular weight is 476 g/mol. The van der Waals surface area contributed by atoms with Crippen LogP contribution in [0.4, 0.5) is 10.1 Å². The molecule has 0 N–H and O–H groups in total. The third-order valence-electron chi connectivity index (χ3n) is 5.22. The Bertz CT molecular complexity index is 1070. The van der Waals surface area contributed by atoms with Crippen LogP contribution in [0.15, 0.2) is 42.5 Å². The molecule has 1 aliphatic heterocycles. The fraction of sp³-hybridized carbons (Fsp3) is 0.348. The van der Waals surface area contributed by atoms with Crippen LogP contribution in [0.1, 0.15) is 31.2 Å². The van der Waals surface area contributed by atoms with Crippen LogP contribution in [0, 0.1) is 5.82 Å². The highest BCUT2D eigenvalue weighted by molar-refractivity contribution is 7.14. The Kier molecular flexibility index (Phi) is 7.22. The molecule has 2 heterocycles. The molecule has 0 bridgehead atoms. The lowest BCUT2D eigenvalue weighted by atomic mass is 10.1. The molecule has 9 heteroatoms. The Morgan fingerprint density at radius 2 is 1.94 bits per heavy atom. The molecule has 3 aromatic rings. The van der Waals surface area contributed by atoms with Gasteiger partial charge in [-0.05, 0) is 36.4 Å². The molecule has 0 aliphatic carbocycles. The lowest BCUT2D eigenvalue weighted by Crippen LogP contribution is -2.38. The number of rotatable bonds is 7. The molecule has 0 atom stereocenters. The van der Waals surface area contributed by atoms with Crippen molar-refractivity contribution in [3.8, 4) is 16.3 Å². The summed E-state index contributed by atoms with van der Waals surface area (Å²) in [6.45, 7) is 3.58. The van der Waals surface area contributed by atoms with Gasteiger partial charge in [0.2, 0.25) is 0 Å². The van der Waals surface area contributed by atoms with E-state index in [0.29, 0.717) is 22.2 Å². The number of piperidine rings is 1. The summed E-state index contributed by atoms with van der Waals surface area (Å²) < 4.78 is 24.5. The minimum Gasteiger partial charge on any atom is -0.489 e. The van der Waals surface area contributed by atoms with E-state index in [0.717, 1.165) is 42.2 Å². The van der Waals surface area contributed by atoms with Crippen molar-refractivity contribution in [1.29, 1.82) is 0 Å². The second-order valence-corrected chi connectivity index (χ2v) is 8.91. The van der Waals surface area contributed by atoms with Crippen LogP contribution in [-0.2, 0) is 16.1 Å². The number of anilines is 1. The topological polar surface area (TPSA) is 64.5 Å². The third-order valence-corrected chi connectivity index (χ3v) is 6.48. The van der Waals surface area contributed by atoms with Gasteiger partial charge in [-0.2, -0.15) is 0 Å². The summed E-state index contributed by atoms with van der Waals surface area (Å²) in [6.07, 6.45) is 2.00. The summed E-state index contributed by atoms with van der Waals surface area (Å²) in [5.74, 6) is -0.207. The highest BCUT2D eigenvalue weighted by Gasteiger charge is 2.22. The zero-order valence-electron chi connectivity index (χ0n) is 17.6. The van der Waals surface area contributed by atoms with E-state index in [1.54, 1.807) is 6.92 Å². The van der Waals surface area contributed by atoms with E-state index in [1.165, 1.54) is 29.5 Å². The van der Waals surface area contributed by atoms with Gasteiger partial charge in [-0.3, -0.25) is 4.79 Å². The van der Waals surface area contributed by atoms with Gasteiger partial charge in [0.15, 0.2) is 5.01 Å². The van der Waals surface area contributed by atoms with E-state index in [2.05, 4.69) is 27.2 Å². The predicted molar refractivity (Wildman–Crippen MR) is 123 cm³/mol. The van der Waals surface area contributed by atoms with Crippen LogP contribution in [0.2, 0.25) is 5.02 Å². The van der Waals surface area contributed by atoms with Gasteiger partial charge in [0.25, 0.3) is 0 Å². The first-order valence-corrected chi connectivity index (χ1v) is 11.7. The number of ether oxygens (including phenoxy) is 2. The lowest BCUT2D eigenvalue weighted by molar-refractivity contribution is -0.144. The Morgan fingerprint density at radius 1 is 1.19 bits per heavy atom. The van der Waals surface area contributed by atoms with Crippen LogP contribution in [0.5, 0.6) is 5.75 Å². The molecule has 0 spiro atoms. The van der Waals surface area contributed by atoms with Crippen molar-refractivity contribution in [3.05, 3.63) is 58.3 Å². The van der Waals surface area contributed by atoms with Gasteiger partial charge in [-0.25, -0.2) is 4.39 Å².